The Hall–Kier alpha value is -2.02. The highest BCUT2D eigenvalue weighted by atomic mass is 32.2. The van der Waals surface area contributed by atoms with Gasteiger partial charge in [0.15, 0.2) is 5.16 Å². The standard InChI is InChI=1S/C22H26N4OS/c1-3-28-22-23-14-18(15-24-22)21-12-16(2)19-13-17(4-5-20(19)25-21)6-7-26-8-10-27-11-9-26/h4-5,12-15H,3,6-11H2,1-2H3. The van der Waals surface area contributed by atoms with Crippen LogP contribution in [0.1, 0.15) is 18.1 Å². The van der Waals surface area contributed by atoms with E-state index in [0.717, 1.165) is 67.0 Å². The van der Waals surface area contributed by atoms with Gasteiger partial charge in [-0.05, 0) is 48.4 Å². The van der Waals surface area contributed by atoms with Crippen LogP contribution < -0.4 is 0 Å². The summed E-state index contributed by atoms with van der Waals surface area (Å²) in [4.78, 5) is 16.2. The van der Waals surface area contributed by atoms with Crippen LogP contribution in [0.4, 0.5) is 0 Å². The summed E-state index contributed by atoms with van der Waals surface area (Å²) in [5.74, 6) is 0.973. The molecule has 0 radical (unpaired) electrons. The first kappa shape index (κ1) is 19.3. The third-order valence-corrected chi connectivity index (χ3v) is 5.86. The van der Waals surface area contributed by atoms with Crippen molar-refractivity contribution >= 4 is 22.7 Å². The summed E-state index contributed by atoms with van der Waals surface area (Å²) in [6.07, 6.45) is 4.80. The number of aryl methyl sites for hydroxylation is 1. The minimum atomic E-state index is 0.814. The Morgan fingerprint density at radius 3 is 2.64 bits per heavy atom. The van der Waals surface area contributed by atoms with E-state index in [4.69, 9.17) is 9.72 Å². The van der Waals surface area contributed by atoms with Crippen molar-refractivity contribution in [1.82, 2.24) is 19.9 Å². The molecule has 4 rings (SSSR count). The van der Waals surface area contributed by atoms with Crippen molar-refractivity contribution in [3.05, 3.63) is 47.8 Å². The zero-order valence-corrected chi connectivity index (χ0v) is 17.3. The molecule has 3 heterocycles. The smallest absolute Gasteiger partial charge is 0.187 e. The summed E-state index contributed by atoms with van der Waals surface area (Å²) >= 11 is 1.65. The number of rotatable bonds is 6. The van der Waals surface area contributed by atoms with E-state index in [9.17, 15) is 0 Å². The molecule has 1 saturated heterocycles. The molecule has 5 nitrogen and oxygen atoms in total. The summed E-state index contributed by atoms with van der Waals surface area (Å²) in [5.41, 5.74) is 5.51. The predicted octanol–water partition coefficient (Wildman–Crippen LogP) is 3.99. The molecule has 2 aromatic heterocycles. The maximum Gasteiger partial charge on any atom is 0.187 e. The number of ether oxygens (including phenoxy) is 1. The van der Waals surface area contributed by atoms with Gasteiger partial charge in [-0.2, -0.15) is 0 Å². The summed E-state index contributed by atoms with van der Waals surface area (Å²) in [6.45, 7) is 9.12. The van der Waals surface area contributed by atoms with Crippen LogP contribution in [-0.4, -0.2) is 58.5 Å². The molecular formula is C22H26N4OS. The molecule has 0 atom stereocenters. The van der Waals surface area contributed by atoms with Gasteiger partial charge in [0.05, 0.1) is 24.4 Å². The van der Waals surface area contributed by atoms with Crippen molar-refractivity contribution in [3.8, 4) is 11.3 Å². The van der Waals surface area contributed by atoms with Crippen molar-refractivity contribution in [3.63, 3.8) is 0 Å². The van der Waals surface area contributed by atoms with E-state index in [1.165, 1.54) is 16.5 Å². The Kier molecular flexibility index (Phi) is 6.20. The number of hydrogen-bond acceptors (Lipinski definition) is 6. The van der Waals surface area contributed by atoms with Gasteiger partial charge in [-0.1, -0.05) is 24.8 Å². The van der Waals surface area contributed by atoms with Crippen LogP contribution in [0.2, 0.25) is 0 Å². The predicted molar refractivity (Wildman–Crippen MR) is 115 cm³/mol. The van der Waals surface area contributed by atoms with Crippen LogP contribution in [0.3, 0.4) is 0 Å². The number of nitrogens with zero attached hydrogens (tertiary/aromatic N) is 4. The maximum atomic E-state index is 5.43. The zero-order chi connectivity index (χ0) is 19.3. The van der Waals surface area contributed by atoms with Gasteiger partial charge >= 0.3 is 0 Å². The third-order valence-electron chi connectivity index (χ3n) is 5.10. The lowest BCUT2D eigenvalue weighted by Crippen LogP contribution is -2.37. The number of morpholine rings is 1. The Morgan fingerprint density at radius 1 is 1.11 bits per heavy atom. The first-order chi connectivity index (χ1) is 13.7. The van der Waals surface area contributed by atoms with Gasteiger partial charge in [0.2, 0.25) is 0 Å². The van der Waals surface area contributed by atoms with Crippen LogP contribution in [-0.2, 0) is 11.2 Å². The van der Waals surface area contributed by atoms with Crippen molar-refractivity contribution in [2.45, 2.75) is 25.4 Å². The molecule has 0 spiro atoms. The van der Waals surface area contributed by atoms with E-state index >= 15 is 0 Å². The molecule has 0 N–H and O–H groups in total. The van der Waals surface area contributed by atoms with Gasteiger partial charge in [0.25, 0.3) is 0 Å². The zero-order valence-electron chi connectivity index (χ0n) is 16.5. The molecular weight excluding hydrogens is 368 g/mol. The lowest BCUT2D eigenvalue weighted by molar-refractivity contribution is 0.0384. The molecule has 3 aromatic rings. The Morgan fingerprint density at radius 2 is 1.89 bits per heavy atom. The lowest BCUT2D eigenvalue weighted by Gasteiger charge is -2.26. The minimum absolute atomic E-state index is 0.814. The quantitative estimate of drug-likeness (QED) is 0.465. The topological polar surface area (TPSA) is 51.1 Å². The van der Waals surface area contributed by atoms with E-state index in [1.54, 1.807) is 11.8 Å². The van der Waals surface area contributed by atoms with Gasteiger partial charge in [-0.15, -0.1) is 0 Å². The van der Waals surface area contributed by atoms with E-state index < -0.39 is 0 Å². The van der Waals surface area contributed by atoms with Crippen LogP contribution in [0.5, 0.6) is 0 Å². The molecule has 0 bridgehead atoms. The highest BCUT2D eigenvalue weighted by molar-refractivity contribution is 7.99. The van der Waals surface area contributed by atoms with Gasteiger partial charge in [0, 0.05) is 43.0 Å². The summed E-state index contributed by atoms with van der Waals surface area (Å²) in [7, 11) is 0. The van der Waals surface area contributed by atoms with E-state index in [2.05, 4.69) is 53.0 Å². The molecule has 146 valence electrons. The molecule has 1 aromatic carbocycles. The van der Waals surface area contributed by atoms with Crippen molar-refractivity contribution in [2.24, 2.45) is 0 Å². The van der Waals surface area contributed by atoms with Gasteiger partial charge in [-0.25, -0.2) is 15.0 Å². The van der Waals surface area contributed by atoms with E-state index in [1.807, 2.05) is 12.4 Å². The number of hydrogen-bond donors (Lipinski definition) is 0. The molecule has 1 aliphatic heterocycles. The summed E-state index contributed by atoms with van der Waals surface area (Å²) in [6, 6.07) is 8.78. The number of benzene rings is 1. The Labute approximate surface area is 170 Å². The Balaban J connectivity index is 1.53. The number of pyridine rings is 1. The second-order valence-corrected chi connectivity index (χ2v) is 8.30. The molecule has 28 heavy (non-hydrogen) atoms. The number of aromatic nitrogens is 3. The van der Waals surface area contributed by atoms with Gasteiger partial charge < -0.3 is 4.74 Å². The van der Waals surface area contributed by atoms with Gasteiger partial charge in [-0.3, -0.25) is 4.90 Å². The van der Waals surface area contributed by atoms with E-state index in [-0.39, 0.29) is 0 Å². The van der Waals surface area contributed by atoms with Crippen molar-refractivity contribution < 1.29 is 4.74 Å². The third kappa shape index (κ3) is 4.51. The van der Waals surface area contributed by atoms with Crippen LogP contribution in [0.25, 0.3) is 22.2 Å². The Bertz CT molecular complexity index is 939. The monoisotopic (exact) mass is 394 g/mol. The van der Waals surface area contributed by atoms with Crippen LogP contribution in [0, 0.1) is 6.92 Å². The minimum Gasteiger partial charge on any atom is -0.379 e. The second-order valence-electron chi connectivity index (χ2n) is 7.07. The second kappa shape index (κ2) is 8.99. The fourth-order valence-corrected chi connectivity index (χ4v) is 4.02. The van der Waals surface area contributed by atoms with Gasteiger partial charge in [0.1, 0.15) is 0 Å². The number of fused-ring (bicyclic) bond motifs is 1. The molecule has 6 heteroatoms. The highest BCUT2D eigenvalue weighted by Gasteiger charge is 2.11. The van der Waals surface area contributed by atoms with Crippen LogP contribution >= 0.6 is 11.8 Å². The molecule has 1 fully saturated rings. The summed E-state index contributed by atoms with van der Waals surface area (Å²) in [5, 5.41) is 2.04. The fraction of sp³-hybridized carbons (Fsp3) is 0.409. The fourth-order valence-electron chi connectivity index (χ4n) is 3.51. The molecule has 0 unspecified atom stereocenters. The SMILES string of the molecule is CCSc1ncc(-c2cc(C)c3cc(CCN4CCOCC4)ccc3n2)cn1. The summed E-state index contributed by atoms with van der Waals surface area (Å²) < 4.78 is 5.43. The molecule has 1 aliphatic rings. The molecule has 0 amide bonds. The maximum absolute atomic E-state index is 5.43. The average Bonchev–Trinajstić information content (AvgIpc) is 2.74. The lowest BCUT2D eigenvalue weighted by atomic mass is 10.0. The highest BCUT2D eigenvalue weighted by Crippen LogP contribution is 2.25. The number of thioether (sulfide) groups is 1. The first-order valence-corrected chi connectivity index (χ1v) is 10.9. The van der Waals surface area contributed by atoms with E-state index in [0.29, 0.717) is 0 Å². The molecule has 0 aliphatic carbocycles. The first-order valence-electron chi connectivity index (χ1n) is 9.88. The normalized spacial score (nSPS) is 15.2. The molecule has 0 saturated carbocycles. The van der Waals surface area contributed by atoms with Crippen LogP contribution in [0.15, 0.2) is 41.8 Å². The van der Waals surface area contributed by atoms with Crippen molar-refractivity contribution in [2.75, 3.05) is 38.6 Å². The largest absolute Gasteiger partial charge is 0.379 e. The average molecular weight is 395 g/mol. The van der Waals surface area contributed by atoms with Crippen molar-refractivity contribution in [1.29, 1.82) is 0 Å².